The smallest absolute Gasteiger partial charge is 0.144 e. The molecule has 0 saturated carbocycles. The van der Waals surface area contributed by atoms with Gasteiger partial charge >= 0.3 is 0 Å². The second kappa shape index (κ2) is 7.55. The Kier molecular flexibility index (Phi) is 5.23. The van der Waals surface area contributed by atoms with Gasteiger partial charge in [0.05, 0.1) is 30.1 Å². The SMILES string of the molecule is CNc1cnc(CC2CCCN(Cc3nc[nH]c3C)CC2)cn1. The molecule has 0 radical (unpaired) electrons. The molecule has 1 aliphatic rings. The zero-order valence-corrected chi connectivity index (χ0v) is 14.0. The van der Waals surface area contributed by atoms with E-state index in [1.807, 2.05) is 19.4 Å². The average molecular weight is 314 g/mol. The first-order chi connectivity index (χ1) is 11.2. The third-order valence-electron chi connectivity index (χ3n) is 4.71. The molecule has 1 atom stereocenters. The summed E-state index contributed by atoms with van der Waals surface area (Å²) in [7, 11) is 1.87. The van der Waals surface area contributed by atoms with Crippen LogP contribution in [0, 0.1) is 12.8 Å². The van der Waals surface area contributed by atoms with E-state index in [0.717, 1.165) is 37.6 Å². The van der Waals surface area contributed by atoms with Crippen LogP contribution in [-0.4, -0.2) is 45.0 Å². The lowest BCUT2D eigenvalue weighted by atomic mass is 9.95. The van der Waals surface area contributed by atoms with Crippen molar-refractivity contribution >= 4 is 5.82 Å². The second-order valence-electron chi connectivity index (χ2n) is 6.39. The fraction of sp³-hybridized carbons (Fsp3) is 0.588. The van der Waals surface area contributed by atoms with Gasteiger partial charge in [0.2, 0.25) is 0 Å². The number of hydrogen-bond donors (Lipinski definition) is 2. The van der Waals surface area contributed by atoms with E-state index in [4.69, 9.17) is 0 Å². The lowest BCUT2D eigenvalue weighted by molar-refractivity contribution is 0.269. The molecule has 3 rings (SSSR count). The van der Waals surface area contributed by atoms with Crippen molar-refractivity contribution in [1.29, 1.82) is 0 Å². The molecule has 2 N–H and O–H groups in total. The summed E-state index contributed by atoms with van der Waals surface area (Å²) in [5.74, 6) is 1.53. The normalized spacial score (nSPS) is 19.5. The summed E-state index contributed by atoms with van der Waals surface area (Å²) in [4.78, 5) is 19.0. The first kappa shape index (κ1) is 15.9. The number of rotatable bonds is 5. The van der Waals surface area contributed by atoms with Crippen LogP contribution in [0.15, 0.2) is 18.7 Å². The highest BCUT2D eigenvalue weighted by Crippen LogP contribution is 2.22. The standard InChI is InChI=1S/C17H26N6/c1-13-16(22-12-21-13)11-23-6-3-4-14(5-7-23)8-15-9-20-17(18-2)10-19-15/h9-10,12,14H,3-8,11H2,1-2H3,(H,18,20)(H,21,22). The lowest BCUT2D eigenvalue weighted by Gasteiger charge is -2.19. The highest BCUT2D eigenvalue weighted by Gasteiger charge is 2.19. The van der Waals surface area contributed by atoms with Crippen molar-refractivity contribution < 1.29 is 0 Å². The molecule has 1 fully saturated rings. The van der Waals surface area contributed by atoms with Gasteiger partial charge in [-0.15, -0.1) is 0 Å². The monoisotopic (exact) mass is 314 g/mol. The molecule has 0 amide bonds. The highest BCUT2D eigenvalue weighted by atomic mass is 15.1. The molecule has 124 valence electrons. The first-order valence-corrected chi connectivity index (χ1v) is 8.44. The van der Waals surface area contributed by atoms with Gasteiger partial charge in [-0.2, -0.15) is 0 Å². The van der Waals surface area contributed by atoms with Gasteiger partial charge in [-0.25, -0.2) is 9.97 Å². The van der Waals surface area contributed by atoms with E-state index >= 15 is 0 Å². The van der Waals surface area contributed by atoms with Crippen LogP contribution in [0.4, 0.5) is 5.82 Å². The average Bonchev–Trinajstić information content (AvgIpc) is 2.84. The number of aryl methyl sites for hydroxylation is 1. The highest BCUT2D eigenvalue weighted by molar-refractivity contribution is 5.29. The third-order valence-corrected chi connectivity index (χ3v) is 4.71. The van der Waals surface area contributed by atoms with Crippen LogP contribution in [0.25, 0.3) is 0 Å². The first-order valence-electron chi connectivity index (χ1n) is 8.44. The maximum atomic E-state index is 4.51. The van der Waals surface area contributed by atoms with Gasteiger partial charge in [0.25, 0.3) is 0 Å². The van der Waals surface area contributed by atoms with Crippen molar-refractivity contribution in [2.75, 3.05) is 25.5 Å². The molecule has 1 saturated heterocycles. The van der Waals surface area contributed by atoms with Crippen molar-refractivity contribution in [3.8, 4) is 0 Å². The molecular weight excluding hydrogens is 288 g/mol. The molecule has 1 unspecified atom stereocenters. The van der Waals surface area contributed by atoms with Gasteiger partial charge in [0.1, 0.15) is 5.82 Å². The van der Waals surface area contributed by atoms with E-state index in [2.05, 4.69) is 37.1 Å². The Hall–Kier alpha value is -1.95. The molecule has 6 heteroatoms. The Balaban J connectivity index is 1.52. The van der Waals surface area contributed by atoms with Gasteiger partial charge in [-0.05, 0) is 51.6 Å². The van der Waals surface area contributed by atoms with E-state index in [0.29, 0.717) is 5.92 Å². The molecular formula is C17H26N6. The lowest BCUT2D eigenvalue weighted by Crippen LogP contribution is -2.25. The number of nitrogens with zero attached hydrogens (tertiary/aromatic N) is 4. The molecule has 0 spiro atoms. The van der Waals surface area contributed by atoms with Crippen molar-refractivity contribution in [3.05, 3.63) is 35.8 Å². The maximum Gasteiger partial charge on any atom is 0.144 e. The molecule has 3 heterocycles. The number of aromatic nitrogens is 4. The van der Waals surface area contributed by atoms with Crippen molar-refractivity contribution in [2.24, 2.45) is 5.92 Å². The molecule has 0 aromatic carbocycles. The van der Waals surface area contributed by atoms with Crippen LogP contribution in [0.5, 0.6) is 0 Å². The maximum absolute atomic E-state index is 4.51. The number of H-pyrrole nitrogens is 1. The summed E-state index contributed by atoms with van der Waals surface area (Å²) in [6, 6.07) is 0. The largest absolute Gasteiger partial charge is 0.372 e. The fourth-order valence-corrected chi connectivity index (χ4v) is 3.23. The number of imidazole rings is 1. The van der Waals surface area contributed by atoms with Crippen LogP contribution in [0.2, 0.25) is 0 Å². The summed E-state index contributed by atoms with van der Waals surface area (Å²) in [6.07, 6.45) is 10.3. The number of nitrogens with one attached hydrogen (secondary N) is 2. The molecule has 1 aliphatic heterocycles. The molecule has 2 aromatic heterocycles. The Morgan fingerprint density at radius 3 is 2.83 bits per heavy atom. The molecule has 23 heavy (non-hydrogen) atoms. The van der Waals surface area contributed by atoms with Crippen LogP contribution in [0.1, 0.15) is 36.3 Å². The summed E-state index contributed by atoms with van der Waals surface area (Å²) < 4.78 is 0. The van der Waals surface area contributed by atoms with Crippen molar-refractivity contribution in [1.82, 2.24) is 24.8 Å². The van der Waals surface area contributed by atoms with E-state index < -0.39 is 0 Å². The van der Waals surface area contributed by atoms with Gasteiger partial charge < -0.3 is 10.3 Å². The summed E-state index contributed by atoms with van der Waals surface area (Å²) in [5.41, 5.74) is 3.47. The summed E-state index contributed by atoms with van der Waals surface area (Å²) in [5, 5.41) is 3.01. The van der Waals surface area contributed by atoms with E-state index in [1.165, 1.54) is 30.7 Å². The van der Waals surface area contributed by atoms with E-state index in [-0.39, 0.29) is 0 Å². The van der Waals surface area contributed by atoms with Gasteiger partial charge in [0.15, 0.2) is 0 Å². The Labute approximate surface area is 137 Å². The van der Waals surface area contributed by atoms with Crippen LogP contribution >= 0.6 is 0 Å². The minimum absolute atomic E-state index is 0.704. The van der Waals surface area contributed by atoms with Gasteiger partial charge in [-0.1, -0.05) is 0 Å². The molecule has 0 aliphatic carbocycles. The number of hydrogen-bond acceptors (Lipinski definition) is 5. The minimum Gasteiger partial charge on any atom is -0.372 e. The number of likely N-dealkylation sites (tertiary alicyclic amines) is 1. The zero-order valence-electron chi connectivity index (χ0n) is 14.0. The van der Waals surface area contributed by atoms with Gasteiger partial charge in [-0.3, -0.25) is 9.88 Å². The Bertz CT molecular complexity index is 606. The van der Waals surface area contributed by atoms with Crippen molar-refractivity contribution in [2.45, 2.75) is 39.2 Å². The molecule has 0 bridgehead atoms. The predicted molar refractivity (Wildman–Crippen MR) is 91.2 cm³/mol. The summed E-state index contributed by atoms with van der Waals surface area (Å²) in [6.45, 7) is 5.35. The molecule has 2 aromatic rings. The Morgan fingerprint density at radius 2 is 2.13 bits per heavy atom. The van der Waals surface area contributed by atoms with Crippen LogP contribution < -0.4 is 5.32 Å². The minimum atomic E-state index is 0.704. The van der Waals surface area contributed by atoms with Crippen LogP contribution in [0.3, 0.4) is 0 Å². The van der Waals surface area contributed by atoms with E-state index in [1.54, 1.807) is 6.33 Å². The second-order valence-corrected chi connectivity index (χ2v) is 6.39. The third kappa shape index (κ3) is 4.28. The van der Waals surface area contributed by atoms with E-state index in [9.17, 15) is 0 Å². The zero-order chi connectivity index (χ0) is 16.1. The number of aromatic amines is 1. The summed E-state index contributed by atoms with van der Waals surface area (Å²) >= 11 is 0. The Morgan fingerprint density at radius 1 is 1.22 bits per heavy atom. The predicted octanol–water partition coefficient (Wildman–Crippen LogP) is 2.39. The quantitative estimate of drug-likeness (QED) is 0.887. The van der Waals surface area contributed by atoms with Crippen LogP contribution in [-0.2, 0) is 13.0 Å². The fourth-order valence-electron chi connectivity index (χ4n) is 3.23. The topological polar surface area (TPSA) is 69.7 Å². The van der Waals surface area contributed by atoms with Gasteiger partial charge in [0, 0.05) is 19.3 Å². The van der Waals surface area contributed by atoms with Crippen molar-refractivity contribution in [3.63, 3.8) is 0 Å². The molecule has 6 nitrogen and oxygen atoms in total. The number of anilines is 1.